The SMILES string of the molecule is CCCCNC(=O)[C@@H](C)N(Cc1ccccc1F)C(=O)CN(c1cc(C)cc(C)c1)S(C)(=O)=O. The van der Waals surface area contributed by atoms with Gasteiger partial charge in [0.05, 0.1) is 11.9 Å². The van der Waals surface area contributed by atoms with Crippen molar-refractivity contribution in [2.24, 2.45) is 0 Å². The van der Waals surface area contributed by atoms with Gasteiger partial charge in [0.1, 0.15) is 18.4 Å². The Bertz CT molecular complexity index is 1100. The van der Waals surface area contributed by atoms with E-state index in [0.29, 0.717) is 12.2 Å². The molecule has 0 unspecified atom stereocenters. The minimum absolute atomic E-state index is 0.168. The quantitative estimate of drug-likeness (QED) is 0.487. The van der Waals surface area contributed by atoms with Crippen LogP contribution in [-0.4, -0.2) is 50.5 Å². The van der Waals surface area contributed by atoms with Crippen LogP contribution in [-0.2, 0) is 26.2 Å². The predicted octanol–water partition coefficient (Wildman–Crippen LogP) is 3.54. The van der Waals surface area contributed by atoms with E-state index in [-0.39, 0.29) is 18.0 Å². The summed E-state index contributed by atoms with van der Waals surface area (Å²) in [6.45, 7) is 7.01. The zero-order valence-electron chi connectivity index (χ0n) is 20.5. The minimum Gasteiger partial charge on any atom is -0.354 e. The summed E-state index contributed by atoms with van der Waals surface area (Å²) in [7, 11) is -3.81. The van der Waals surface area contributed by atoms with Gasteiger partial charge in [0, 0.05) is 18.7 Å². The average Bonchev–Trinajstić information content (AvgIpc) is 2.74. The van der Waals surface area contributed by atoms with Gasteiger partial charge >= 0.3 is 0 Å². The first-order valence-corrected chi connectivity index (χ1v) is 13.2. The first-order valence-electron chi connectivity index (χ1n) is 11.3. The number of aryl methyl sites for hydroxylation is 2. The number of nitrogens with one attached hydrogen (secondary N) is 1. The lowest BCUT2D eigenvalue weighted by Gasteiger charge is -2.31. The molecule has 9 heteroatoms. The van der Waals surface area contributed by atoms with Crippen molar-refractivity contribution in [3.8, 4) is 0 Å². The molecular weight excluding hydrogens is 457 g/mol. The fraction of sp³-hybridized carbons (Fsp3) is 0.440. The summed E-state index contributed by atoms with van der Waals surface area (Å²) < 4.78 is 40.6. The Morgan fingerprint density at radius 1 is 1.09 bits per heavy atom. The first kappa shape index (κ1) is 27.3. The van der Waals surface area contributed by atoms with Crippen LogP contribution in [0.25, 0.3) is 0 Å². The highest BCUT2D eigenvalue weighted by Gasteiger charge is 2.30. The average molecular weight is 492 g/mol. The Hall–Kier alpha value is -2.94. The van der Waals surface area contributed by atoms with Crippen LogP contribution in [0, 0.1) is 19.7 Å². The van der Waals surface area contributed by atoms with Gasteiger partial charge in [-0.15, -0.1) is 0 Å². The number of hydrogen-bond acceptors (Lipinski definition) is 4. The molecular formula is C25H34FN3O4S. The molecule has 34 heavy (non-hydrogen) atoms. The summed E-state index contributed by atoms with van der Waals surface area (Å²) >= 11 is 0. The maximum Gasteiger partial charge on any atom is 0.244 e. The third-order valence-electron chi connectivity index (χ3n) is 5.47. The zero-order valence-corrected chi connectivity index (χ0v) is 21.3. The van der Waals surface area contributed by atoms with E-state index >= 15 is 0 Å². The van der Waals surface area contributed by atoms with E-state index in [1.165, 1.54) is 23.1 Å². The van der Waals surface area contributed by atoms with Gasteiger partial charge < -0.3 is 10.2 Å². The van der Waals surface area contributed by atoms with Crippen molar-refractivity contribution in [1.29, 1.82) is 0 Å². The number of nitrogens with zero attached hydrogens (tertiary/aromatic N) is 2. The fourth-order valence-electron chi connectivity index (χ4n) is 3.64. The van der Waals surface area contributed by atoms with E-state index in [0.717, 1.165) is 34.5 Å². The van der Waals surface area contributed by atoms with Crippen LogP contribution in [0.15, 0.2) is 42.5 Å². The molecule has 0 saturated carbocycles. The van der Waals surface area contributed by atoms with Crippen LogP contribution in [0.1, 0.15) is 43.4 Å². The normalized spacial score (nSPS) is 12.2. The second kappa shape index (κ2) is 12.0. The standard InChI is InChI=1S/C25H34FN3O4S/c1-6-7-12-27-25(31)20(4)28(16-21-10-8-9-11-23(21)26)24(30)17-29(34(5,32)33)22-14-18(2)13-19(3)15-22/h8-11,13-15,20H,6-7,12,16-17H2,1-5H3,(H,27,31)/t20-/m1/s1. The molecule has 1 N–H and O–H groups in total. The third kappa shape index (κ3) is 7.55. The van der Waals surface area contributed by atoms with Crippen LogP contribution in [0.5, 0.6) is 0 Å². The van der Waals surface area contributed by atoms with Crippen molar-refractivity contribution in [2.75, 3.05) is 23.7 Å². The first-order chi connectivity index (χ1) is 15.9. The number of sulfonamides is 1. The number of hydrogen-bond donors (Lipinski definition) is 1. The summed E-state index contributed by atoms with van der Waals surface area (Å²) in [4.78, 5) is 27.4. The smallest absolute Gasteiger partial charge is 0.244 e. The molecule has 0 aliphatic heterocycles. The number of carbonyl (C=O) groups is 2. The Morgan fingerprint density at radius 3 is 2.26 bits per heavy atom. The van der Waals surface area contributed by atoms with Crippen molar-refractivity contribution in [3.05, 3.63) is 65.0 Å². The topological polar surface area (TPSA) is 86.8 Å². The van der Waals surface area contributed by atoms with E-state index in [4.69, 9.17) is 0 Å². The van der Waals surface area contributed by atoms with Gasteiger partial charge in [-0.2, -0.15) is 0 Å². The van der Waals surface area contributed by atoms with Crippen LogP contribution in [0.4, 0.5) is 10.1 Å². The van der Waals surface area contributed by atoms with Gasteiger partial charge in [-0.25, -0.2) is 12.8 Å². The highest BCUT2D eigenvalue weighted by molar-refractivity contribution is 7.92. The maximum atomic E-state index is 14.4. The van der Waals surface area contributed by atoms with Crippen molar-refractivity contribution in [2.45, 2.75) is 53.1 Å². The Labute approximate surface area is 202 Å². The van der Waals surface area contributed by atoms with E-state index in [1.807, 2.05) is 26.8 Å². The summed E-state index contributed by atoms with van der Waals surface area (Å²) in [5.74, 6) is -1.49. The number of benzene rings is 2. The van der Waals surface area contributed by atoms with E-state index < -0.39 is 34.3 Å². The molecule has 0 heterocycles. The predicted molar refractivity (Wildman–Crippen MR) is 132 cm³/mol. The van der Waals surface area contributed by atoms with Crippen LogP contribution >= 0.6 is 0 Å². The lowest BCUT2D eigenvalue weighted by molar-refractivity contribution is -0.139. The Morgan fingerprint density at radius 2 is 1.71 bits per heavy atom. The van der Waals surface area contributed by atoms with E-state index in [9.17, 15) is 22.4 Å². The number of halogens is 1. The lowest BCUT2D eigenvalue weighted by atomic mass is 10.1. The Balaban J connectivity index is 2.39. The zero-order chi connectivity index (χ0) is 25.5. The highest BCUT2D eigenvalue weighted by Crippen LogP contribution is 2.22. The van der Waals surface area contributed by atoms with Gasteiger partial charge in [0.25, 0.3) is 0 Å². The summed E-state index contributed by atoms with van der Waals surface area (Å²) in [5.41, 5.74) is 2.30. The summed E-state index contributed by atoms with van der Waals surface area (Å²) in [5, 5.41) is 2.79. The van der Waals surface area contributed by atoms with Gasteiger partial charge in [-0.3, -0.25) is 13.9 Å². The monoisotopic (exact) mass is 491 g/mol. The molecule has 0 aliphatic carbocycles. The molecule has 1 atom stereocenters. The fourth-order valence-corrected chi connectivity index (χ4v) is 4.47. The second-order valence-electron chi connectivity index (χ2n) is 8.55. The molecule has 0 saturated heterocycles. The molecule has 0 spiro atoms. The van der Waals surface area contributed by atoms with Gasteiger partial charge in [0.15, 0.2) is 0 Å². The molecule has 2 aromatic carbocycles. The van der Waals surface area contributed by atoms with Crippen LogP contribution < -0.4 is 9.62 Å². The second-order valence-corrected chi connectivity index (χ2v) is 10.5. The van der Waals surface area contributed by atoms with Crippen LogP contribution in [0.2, 0.25) is 0 Å². The number of anilines is 1. The Kier molecular flexibility index (Phi) is 9.61. The summed E-state index contributed by atoms with van der Waals surface area (Å²) in [6, 6.07) is 10.3. The number of amides is 2. The van der Waals surface area contributed by atoms with Crippen molar-refractivity contribution in [1.82, 2.24) is 10.2 Å². The summed E-state index contributed by atoms with van der Waals surface area (Å²) in [6.07, 6.45) is 2.71. The lowest BCUT2D eigenvalue weighted by Crippen LogP contribution is -2.51. The molecule has 7 nitrogen and oxygen atoms in total. The van der Waals surface area contributed by atoms with Gasteiger partial charge in [0.2, 0.25) is 21.8 Å². The highest BCUT2D eigenvalue weighted by atomic mass is 32.2. The van der Waals surface area contributed by atoms with Crippen molar-refractivity contribution < 1.29 is 22.4 Å². The molecule has 0 aromatic heterocycles. The van der Waals surface area contributed by atoms with E-state index in [2.05, 4.69) is 5.32 Å². The van der Waals surface area contributed by atoms with Crippen LogP contribution in [0.3, 0.4) is 0 Å². The molecule has 2 aromatic rings. The van der Waals surface area contributed by atoms with Gasteiger partial charge in [-0.1, -0.05) is 37.6 Å². The maximum absolute atomic E-state index is 14.4. The minimum atomic E-state index is -3.81. The van der Waals surface area contributed by atoms with E-state index in [1.54, 1.807) is 25.1 Å². The number of unbranched alkanes of at least 4 members (excludes halogenated alkanes) is 1. The number of rotatable bonds is 11. The molecule has 2 rings (SSSR count). The van der Waals surface area contributed by atoms with Gasteiger partial charge in [-0.05, 0) is 56.5 Å². The third-order valence-corrected chi connectivity index (χ3v) is 6.61. The molecule has 186 valence electrons. The van der Waals surface area contributed by atoms with Crippen molar-refractivity contribution >= 4 is 27.5 Å². The molecule has 0 fully saturated rings. The molecule has 2 amide bonds. The molecule has 0 radical (unpaired) electrons. The van der Waals surface area contributed by atoms with Crippen molar-refractivity contribution in [3.63, 3.8) is 0 Å². The molecule has 0 aliphatic rings. The molecule has 0 bridgehead atoms. The largest absolute Gasteiger partial charge is 0.354 e. The number of carbonyl (C=O) groups excluding carboxylic acids is 2.